The monoisotopic (exact) mass is 230 g/mol. The summed E-state index contributed by atoms with van der Waals surface area (Å²) < 4.78 is 26.1. The van der Waals surface area contributed by atoms with Crippen LogP contribution in [0, 0.1) is 17.0 Å². The number of hydrogen-bond acceptors (Lipinski definition) is 3. The van der Waals surface area contributed by atoms with Crippen molar-refractivity contribution < 1.29 is 13.7 Å². The average Bonchev–Trinajstić information content (AvgIpc) is 2.21. The number of halogens is 2. The van der Waals surface area contributed by atoms with Gasteiger partial charge in [-0.05, 0) is 18.1 Å². The molecule has 1 rings (SSSR count). The minimum absolute atomic E-state index is 0.187. The number of aryl methyl sites for hydroxylation is 1. The molecule has 0 radical (unpaired) electrons. The van der Waals surface area contributed by atoms with E-state index < -0.39 is 23.8 Å². The summed E-state index contributed by atoms with van der Waals surface area (Å²) in [5.41, 5.74) is 5.58. The van der Waals surface area contributed by atoms with Gasteiger partial charge >= 0.3 is 0 Å². The zero-order chi connectivity index (χ0) is 12.3. The molecule has 1 aromatic carbocycles. The van der Waals surface area contributed by atoms with Crippen LogP contribution >= 0.6 is 0 Å². The molecule has 0 heterocycles. The van der Waals surface area contributed by atoms with Crippen molar-refractivity contribution in [2.24, 2.45) is 5.73 Å². The van der Waals surface area contributed by atoms with E-state index in [0.717, 1.165) is 0 Å². The van der Waals surface area contributed by atoms with Crippen LogP contribution in [-0.2, 0) is 6.42 Å². The van der Waals surface area contributed by atoms with Gasteiger partial charge < -0.3 is 5.73 Å². The quantitative estimate of drug-likeness (QED) is 0.635. The number of benzene rings is 1. The van der Waals surface area contributed by atoms with Crippen LogP contribution in [0.15, 0.2) is 18.2 Å². The molecular formula is C10H12F2N2O2. The summed E-state index contributed by atoms with van der Waals surface area (Å²) in [7, 11) is 0. The van der Waals surface area contributed by atoms with E-state index in [-0.39, 0.29) is 11.3 Å². The third kappa shape index (κ3) is 2.96. The Morgan fingerprint density at radius 1 is 1.50 bits per heavy atom. The first-order chi connectivity index (χ1) is 7.35. The Kier molecular flexibility index (Phi) is 3.54. The second kappa shape index (κ2) is 4.52. The molecule has 0 bridgehead atoms. The number of non-ortho nitro benzene ring substituents is 1. The van der Waals surface area contributed by atoms with Crippen molar-refractivity contribution in [3.63, 3.8) is 0 Å². The first kappa shape index (κ1) is 12.5. The van der Waals surface area contributed by atoms with Crippen LogP contribution in [0.4, 0.5) is 14.5 Å². The van der Waals surface area contributed by atoms with E-state index in [4.69, 9.17) is 5.73 Å². The van der Waals surface area contributed by atoms with Gasteiger partial charge in [0, 0.05) is 18.6 Å². The summed E-state index contributed by atoms with van der Waals surface area (Å²) in [5, 5.41) is 10.5. The van der Waals surface area contributed by atoms with Gasteiger partial charge in [-0.2, -0.15) is 0 Å². The maximum Gasteiger partial charge on any atom is 0.269 e. The minimum atomic E-state index is -3.03. The summed E-state index contributed by atoms with van der Waals surface area (Å²) in [5.74, 6) is -3.03. The maximum absolute atomic E-state index is 13.1. The number of alkyl halides is 2. The Labute approximate surface area is 91.2 Å². The third-order valence-electron chi connectivity index (χ3n) is 2.29. The highest BCUT2D eigenvalue weighted by Gasteiger charge is 2.28. The van der Waals surface area contributed by atoms with Gasteiger partial charge in [0.15, 0.2) is 0 Å². The predicted octanol–water partition coefficient (Wildman–Crippen LogP) is 2.04. The standard InChI is InChI=1S/C10H12F2N2O2/c1-7-2-3-9(14(15)16)4-8(7)5-10(11,12)6-13/h2-4H,5-6,13H2,1H3. The van der Waals surface area contributed by atoms with Gasteiger partial charge in [0.25, 0.3) is 11.6 Å². The van der Waals surface area contributed by atoms with Crippen LogP contribution in [0.1, 0.15) is 11.1 Å². The van der Waals surface area contributed by atoms with Crippen molar-refractivity contribution in [3.8, 4) is 0 Å². The van der Waals surface area contributed by atoms with Crippen molar-refractivity contribution in [3.05, 3.63) is 39.4 Å². The summed E-state index contributed by atoms with van der Waals surface area (Å²) in [6.45, 7) is 0.862. The molecule has 16 heavy (non-hydrogen) atoms. The molecule has 0 unspecified atom stereocenters. The molecule has 0 atom stereocenters. The number of nitro groups is 1. The lowest BCUT2D eigenvalue weighted by Gasteiger charge is -2.14. The Bertz CT molecular complexity index is 408. The molecule has 4 nitrogen and oxygen atoms in total. The molecule has 6 heteroatoms. The molecule has 0 aliphatic rings. The lowest BCUT2D eigenvalue weighted by molar-refractivity contribution is -0.384. The van der Waals surface area contributed by atoms with E-state index in [1.54, 1.807) is 6.92 Å². The van der Waals surface area contributed by atoms with Crippen LogP contribution in [0.5, 0.6) is 0 Å². The SMILES string of the molecule is Cc1ccc([N+](=O)[O-])cc1CC(F)(F)CN. The lowest BCUT2D eigenvalue weighted by atomic mass is 10.0. The molecule has 0 aliphatic carbocycles. The Hall–Kier alpha value is -1.56. The van der Waals surface area contributed by atoms with Crippen LogP contribution in [0.2, 0.25) is 0 Å². The molecule has 0 aromatic heterocycles. The largest absolute Gasteiger partial charge is 0.325 e. The fourth-order valence-corrected chi connectivity index (χ4v) is 1.31. The van der Waals surface area contributed by atoms with Crippen LogP contribution in [0.3, 0.4) is 0 Å². The number of nitrogens with two attached hydrogens (primary N) is 1. The molecule has 2 N–H and O–H groups in total. The van der Waals surface area contributed by atoms with Gasteiger partial charge in [-0.25, -0.2) is 8.78 Å². The number of nitro benzene ring substituents is 1. The number of hydrogen-bond donors (Lipinski definition) is 1. The second-order valence-electron chi connectivity index (χ2n) is 3.60. The molecule has 0 spiro atoms. The van der Waals surface area contributed by atoms with E-state index in [1.165, 1.54) is 18.2 Å². The van der Waals surface area contributed by atoms with E-state index in [2.05, 4.69) is 0 Å². The summed E-state index contributed by atoms with van der Waals surface area (Å²) >= 11 is 0. The molecule has 0 aliphatic heterocycles. The zero-order valence-electron chi connectivity index (χ0n) is 8.74. The van der Waals surface area contributed by atoms with Crippen molar-refractivity contribution in [1.29, 1.82) is 0 Å². The van der Waals surface area contributed by atoms with Crippen LogP contribution in [0.25, 0.3) is 0 Å². The van der Waals surface area contributed by atoms with E-state index in [9.17, 15) is 18.9 Å². The molecular weight excluding hydrogens is 218 g/mol. The molecule has 1 aromatic rings. The fraction of sp³-hybridized carbons (Fsp3) is 0.400. The highest BCUT2D eigenvalue weighted by Crippen LogP contribution is 2.24. The molecule has 88 valence electrons. The van der Waals surface area contributed by atoms with E-state index >= 15 is 0 Å². The number of rotatable bonds is 4. The van der Waals surface area contributed by atoms with Gasteiger partial charge in [0.2, 0.25) is 0 Å². The average molecular weight is 230 g/mol. The number of nitrogens with zero attached hydrogens (tertiary/aromatic N) is 1. The molecule has 0 amide bonds. The van der Waals surface area contributed by atoms with Crippen molar-refractivity contribution in [1.82, 2.24) is 0 Å². The van der Waals surface area contributed by atoms with Crippen LogP contribution < -0.4 is 5.73 Å². The van der Waals surface area contributed by atoms with Crippen molar-refractivity contribution in [2.75, 3.05) is 6.54 Å². The first-order valence-corrected chi connectivity index (χ1v) is 4.67. The Balaban J connectivity index is 3.03. The third-order valence-corrected chi connectivity index (χ3v) is 2.29. The topological polar surface area (TPSA) is 69.2 Å². The highest BCUT2D eigenvalue weighted by molar-refractivity contribution is 5.39. The second-order valence-corrected chi connectivity index (χ2v) is 3.60. The van der Waals surface area contributed by atoms with Gasteiger partial charge in [-0.1, -0.05) is 6.07 Å². The van der Waals surface area contributed by atoms with Crippen molar-refractivity contribution in [2.45, 2.75) is 19.3 Å². The van der Waals surface area contributed by atoms with Gasteiger partial charge in [-0.15, -0.1) is 0 Å². The lowest BCUT2D eigenvalue weighted by Crippen LogP contribution is -2.30. The molecule has 0 saturated carbocycles. The van der Waals surface area contributed by atoms with Gasteiger partial charge in [-0.3, -0.25) is 10.1 Å². The van der Waals surface area contributed by atoms with Gasteiger partial charge in [0.1, 0.15) is 0 Å². The minimum Gasteiger partial charge on any atom is -0.325 e. The normalized spacial score (nSPS) is 11.5. The van der Waals surface area contributed by atoms with E-state index in [0.29, 0.717) is 5.56 Å². The Morgan fingerprint density at radius 3 is 2.62 bits per heavy atom. The zero-order valence-corrected chi connectivity index (χ0v) is 8.74. The predicted molar refractivity (Wildman–Crippen MR) is 55.5 cm³/mol. The highest BCUT2D eigenvalue weighted by atomic mass is 19.3. The summed E-state index contributed by atoms with van der Waals surface area (Å²) in [6, 6.07) is 3.92. The van der Waals surface area contributed by atoms with Crippen molar-refractivity contribution >= 4 is 5.69 Å². The smallest absolute Gasteiger partial charge is 0.269 e. The van der Waals surface area contributed by atoms with E-state index in [1.807, 2.05) is 0 Å². The summed E-state index contributed by atoms with van der Waals surface area (Å²) in [6.07, 6.45) is -0.572. The summed E-state index contributed by atoms with van der Waals surface area (Å²) in [4.78, 5) is 9.89. The van der Waals surface area contributed by atoms with Gasteiger partial charge in [0.05, 0.1) is 11.5 Å². The maximum atomic E-state index is 13.1. The first-order valence-electron chi connectivity index (χ1n) is 4.67. The van der Waals surface area contributed by atoms with Crippen LogP contribution in [-0.4, -0.2) is 17.4 Å². The fourth-order valence-electron chi connectivity index (χ4n) is 1.31. The Morgan fingerprint density at radius 2 is 2.12 bits per heavy atom. The molecule has 0 fully saturated rings. The molecule has 0 saturated heterocycles.